The van der Waals surface area contributed by atoms with Crippen molar-refractivity contribution < 1.29 is 43.0 Å². The molecule has 9 heteroatoms. The van der Waals surface area contributed by atoms with Gasteiger partial charge < -0.3 is 9.47 Å². The van der Waals surface area contributed by atoms with Crippen LogP contribution in [0.15, 0.2) is 97.1 Å². The molecule has 4 aromatic carbocycles. The van der Waals surface area contributed by atoms with Crippen LogP contribution in [-0.4, -0.2) is 53.7 Å². The minimum absolute atomic E-state index is 0.0263. The van der Waals surface area contributed by atoms with Crippen LogP contribution in [0.4, 0.5) is 0 Å². The molecule has 6 rings (SSSR count). The largest absolute Gasteiger partial charge is 0.486 e. The molecule has 0 aliphatic heterocycles. The topological polar surface area (TPSA) is 138 Å². The third-order valence-electron chi connectivity index (χ3n) is 7.57. The number of benzene rings is 4. The summed E-state index contributed by atoms with van der Waals surface area (Å²) in [5.41, 5.74) is 0.0147. The fraction of sp³-hybridized carbons (Fsp3) is 0.114. The molecule has 0 heterocycles. The highest BCUT2D eigenvalue weighted by Gasteiger charge is 2.45. The highest BCUT2D eigenvalue weighted by Crippen LogP contribution is 2.32. The molecule has 9 nitrogen and oxygen atoms in total. The van der Waals surface area contributed by atoms with Gasteiger partial charge >= 0.3 is 0 Å². The molecule has 0 radical (unpaired) electrons. The molecule has 2 unspecified atom stereocenters. The zero-order valence-corrected chi connectivity index (χ0v) is 23.0. The lowest BCUT2D eigenvalue weighted by molar-refractivity contribution is -0.123. The van der Waals surface area contributed by atoms with Crippen molar-refractivity contribution in [1.82, 2.24) is 0 Å². The molecule has 2 aliphatic carbocycles. The molecule has 0 amide bonds. The summed E-state index contributed by atoms with van der Waals surface area (Å²) in [6.45, 7) is -0.953. The van der Waals surface area contributed by atoms with Gasteiger partial charge in [0.05, 0.1) is 0 Å². The molecule has 0 N–H and O–H groups in total. The Morgan fingerprint density at radius 1 is 0.477 bits per heavy atom. The third-order valence-corrected chi connectivity index (χ3v) is 7.57. The van der Waals surface area contributed by atoms with Crippen molar-refractivity contribution in [1.29, 1.82) is 0 Å². The van der Waals surface area contributed by atoms with E-state index in [1.54, 1.807) is 60.7 Å². The summed E-state index contributed by atoms with van der Waals surface area (Å²) in [5.74, 6) is -7.08. The highest BCUT2D eigenvalue weighted by molar-refractivity contribution is 6.37. The first kappa shape index (κ1) is 28.3. The number of hydrogen-bond donors (Lipinski definition) is 0. The Balaban J connectivity index is 1.18. The lowest BCUT2D eigenvalue weighted by Crippen LogP contribution is -2.30. The molecule has 0 aromatic heterocycles. The predicted octanol–water partition coefficient (Wildman–Crippen LogP) is 4.20. The van der Waals surface area contributed by atoms with Crippen molar-refractivity contribution in [2.45, 2.75) is 0 Å². The van der Waals surface area contributed by atoms with Crippen LogP contribution in [0, 0.1) is 11.8 Å². The van der Waals surface area contributed by atoms with Crippen molar-refractivity contribution in [2.75, 3.05) is 13.2 Å². The van der Waals surface area contributed by atoms with Crippen LogP contribution in [-0.2, 0) is 9.59 Å². The van der Waals surface area contributed by atoms with E-state index >= 15 is 0 Å². The molecule has 2 aliphatic rings. The first-order valence-electron chi connectivity index (χ1n) is 13.7. The van der Waals surface area contributed by atoms with E-state index in [1.807, 2.05) is 0 Å². The summed E-state index contributed by atoms with van der Waals surface area (Å²) in [6.07, 6.45) is 0. The average Bonchev–Trinajstić information content (AvgIpc) is 3.46. The summed E-state index contributed by atoms with van der Waals surface area (Å²) >= 11 is 0. The average molecular weight is 587 g/mol. The van der Waals surface area contributed by atoms with Gasteiger partial charge in [-0.05, 0) is 48.5 Å². The van der Waals surface area contributed by atoms with E-state index in [0.29, 0.717) is 11.5 Å². The predicted molar refractivity (Wildman–Crippen MR) is 155 cm³/mol. The van der Waals surface area contributed by atoms with Crippen molar-refractivity contribution in [3.05, 3.63) is 130 Å². The molecular weight excluding hydrogens is 564 g/mol. The maximum absolute atomic E-state index is 13.4. The minimum atomic E-state index is -1.57. The number of ether oxygens (including phenoxy) is 2. The molecule has 0 saturated carbocycles. The van der Waals surface area contributed by atoms with Gasteiger partial charge in [0.1, 0.15) is 36.5 Å². The van der Waals surface area contributed by atoms with Gasteiger partial charge in [-0.3, -0.25) is 33.6 Å². The van der Waals surface area contributed by atoms with E-state index in [2.05, 4.69) is 0 Å². The normalized spacial score (nSPS) is 16.8. The molecule has 0 spiro atoms. The van der Waals surface area contributed by atoms with Gasteiger partial charge in [-0.2, -0.15) is 0 Å². The molecule has 2 atom stereocenters. The fourth-order valence-corrected chi connectivity index (χ4v) is 5.33. The van der Waals surface area contributed by atoms with E-state index in [1.165, 1.54) is 36.4 Å². The molecule has 0 saturated heterocycles. The van der Waals surface area contributed by atoms with Crippen LogP contribution in [0.2, 0.25) is 0 Å². The third kappa shape index (κ3) is 5.05. The zero-order chi connectivity index (χ0) is 31.0. The standard InChI is InChI=1S/C35H22O9/c36-27(17-43-21-7-3-1-4-8-21)29-32(39)23-13-11-19(15-25(23)34(29)41)31(38)20-12-14-24-26(16-20)35(42)30(33(24)40)28(37)18-44-22-9-5-2-6-10-22/h1-16,29-30H,17-18H2. The number of carbonyl (C=O) groups excluding carboxylic acids is 7. The van der Waals surface area contributed by atoms with Crippen LogP contribution in [0.25, 0.3) is 0 Å². The molecule has 44 heavy (non-hydrogen) atoms. The number of ketones is 7. The quantitative estimate of drug-likeness (QED) is 0.198. The van der Waals surface area contributed by atoms with E-state index in [0.717, 1.165) is 0 Å². The number of rotatable bonds is 10. The van der Waals surface area contributed by atoms with Gasteiger partial charge in [-0.25, -0.2) is 0 Å². The van der Waals surface area contributed by atoms with Gasteiger partial charge in [-0.1, -0.05) is 48.5 Å². The van der Waals surface area contributed by atoms with Crippen LogP contribution < -0.4 is 9.47 Å². The highest BCUT2D eigenvalue weighted by atomic mass is 16.5. The lowest BCUT2D eigenvalue weighted by Gasteiger charge is -2.08. The number of Topliss-reactive ketones (excluding diaryl/α,β-unsaturated/α-hetero) is 6. The number of para-hydroxylation sites is 2. The Hall–Kier alpha value is -5.83. The Morgan fingerprint density at radius 3 is 1.23 bits per heavy atom. The molecular formula is C35H22O9. The smallest absolute Gasteiger partial charge is 0.193 e. The first-order chi connectivity index (χ1) is 21.2. The first-order valence-corrected chi connectivity index (χ1v) is 13.7. The van der Waals surface area contributed by atoms with Crippen molar-refractivity contribution in [3.8, 4) is 11.5 Å². The van der Waals surface area contributed by atoms with E-state index in [4.69, 9.17) is 9.47 Å². The van der Waals surface area contributed by atoms with Gasteiger partial charge in [-0.15, -0.1) is 0 Å². The maximum Gasteiger partial charge on any atom is 0.193 e. The van der Waals surface area contributed by atoms with Crippen molar-refractivity contribution >= 4 is 40.5 Å². The minimum Gasteiger partial charge on any atom is -0.486 e. The number of carbonyl (C=O) groups is 7. The van der Waals surface area contributed by atoms with Gasteiger partial charge in [0.2, 0.25) is 0 Å². The number of fused-ring (bicyclic) bond motifs is 2. The Bertz CT molecular complexity index is 1750. The summed E-state index contributed by atoms with van der Waals surface area (Å²) in [7, 11) is 0. The van der Waals surface area contributed by atoms with Gasteiger partial charge in [0.25, 0.3) is 0 Å². The van der Waals surface area contributed by atoms with Crippen LogP contribution in [0.1, 0.15) is 57.4 Å². The van der Waals surface area contributed by atoms with Gasteiger partial charge in [0.15, 0.2) is 40.5 Å². The van der Waals surface area contributed by atoms with Crippen molar-refractivity contribution in [2.24, 2.45) is 11.8 Å². The van der Waals surface area contributed by atoms with Crippen LogP contribution in [0.5, 0.6) is 11.5 Å². The van der Waals surface area contributed by atoms with E-state index in [-0.39, 0.29) is 33.4 Å². The summed E-state index contributed by atoms with van der Waals surface area (Å²) in [6, 6.07) is 24.8. The molecule has 4 aromatic rings. The lowest BCUT2D eigenvalue weighted by atomic mass is 9.96. The Kier molecular flexibility index (Phi) is 7.36. The van der Waals surface area contributed by atoms with E-state index in [9.17, 15) is 33.6 Å². The second kappa shape index (κ2) is 11.4. The summed E-state index contributed by atoms with van der Waals surface area (Å²) < 4.78 is 10.8. The van der Waals surface area contributed by atoms with Crippen molar-refractivity contribution in [3.63, 3.8) is 0 Å². The Labute approximate surface area is 250 Å². The monoisotopic (exact) mass is 586 g/mol. The molecule has 216 valence electrons. The SMILES string of the molecule is O=C(c1ccc2c(c1)C(=O)C(C(=O)COc1ccccc1)C2=O)c1ccc2c(c1)C(=O)C(C(=O)COc1ccccc1)C2=O. The second-order valence-corrected chi connectivity index (χ2v) is 10.3. The van der Waals surface area contributed by atoms with Gasteiger partial charge in [0, 0.05) is 33.4 Å². The second-order valence-electron chi connectivity index (χ2n) is 10.3. The van der Waals surface area contributed by atoms with Crippen LogP contribution in [0.3, 0.4) is 0 Å². The van der Waals surface area contributed by atoms with E-state index < -0.39 is 65.5 Å². The molecule has 0 bridgehead atoms. The molecule has 0 fully saturated rings. The number of hydrogen-bond acceptors (Lipinski definition) is 9. The maximum atomic E-state index is 13.4. The van der Waals surface area contributed by atoms with Crippen LogP contribution >= 0.6 is 0 Å². The zero-order valence-electron chi connectivity index (χ0n) is 23.0. The Morgan fingerprint density at radius 2 is 0.841 bits per heavy atom. The summed E-state index contributed by atoms with van der Waals surface area (Å²) in [4.78, 5) is 91.1. The summed E-state index contributed by atoms with van der Waals surface area (Å²) in [5, 5.41) is 0. The fourth-order valence-electron chi connectivity index (χ4n) is 5.33.